The van der Waals surface area contributed by atoms with Gasteiger partial charge in [-0.1, -0.05) is 12.1 Å². The topological polar surface area (TPSA) is 56.1 Å². The Balaban J connectivity index is 0.00000180. The second kappa shape index (κ2) is 7.11. The van der Waals surface area contributed by atoms with Crippen LogP contribution in [0.4, 0.5) is 0 Å². The van der Waals surface area contributed by atoms with Crippen molar-refractivity contribution in [2.24, 2.45) is 5.10 Å². The molecular weight excluding hydrogens is 266 g/mol. The summed E-state index contributed by atoms with van der Waals surface area (Å²) in [6, 6.07) is 6.72. The van der Waals surface area contributed by atoms with Crippen molar-refractivity contribution in [3.05, 3.63) is 35.4 Å². The Labute approximate surface area is 118 Å². The average Bonchev–Trinajstić information content (AvgIpc) is 2.38. The van der Waals surface area contributed by atoms with E-state index in [9.17, 15) is 4.79 Å². The van der Waals surface area contributed by atoms with Gasteiger partial charge >= 0.3 is 5.97 Å². The number of hydrazone groups is 1. The van der Waals surface area contributed by atoms with Crippen molar-refractivity contribution in [1.29, 1.82) is 0 Å². The van der Waals surface area contributed by atoms with Gasteiger partial charge in [0.1, 0.15) is 0 Å². The summed E-state index contributed by atoms with van der Waals surface area (Å²) in [5, 5.41) is 15.2. The number of likely N-dealkylation sites (N-methyl/N-ethyl adjacent to an activating group) is 1. The molecule has 0 unspecified atom stereocenters. The monoisotopic (exact) mass is 283 g/mol. The maximum Gasteiger partial charge on any atom is 0.335 e. The third-order valence-electron chi connectivity index (χ3n) is 3.01. The zero-order valence-electron chi connectivity index (χ0n) is 10.8. The van der Waals surface area contributed by atoms with Gasteiger partial charge in [0.2, 0.25) is 0 Å². The average molecular weight is 284 g/mol. The molecule has 0 spiro atoms. The van der Waals surface area contributed by atoms with E-state index in [2.05, 4.69) is 17.0 Å². The summed E-state index contributed by atoms with van der Waals surface area (Å²) in [6.45, 7) is 3.91. The van der Waals surface area contributed by atoms with Crippen LogP contribution in [0.2, 0.25) is 0 Å². The standard InChI is InChI=1S/C13H17N3O2.ClH/c1-15-6-8-16(9-7-15)14-10-11-2-4-12(5-3-11)13(17)18;/h2-5,10H,6-9H2,1H3,(H,17,18);1H. The number of carboxylic acids is 1. The molecule has 104 valence electrons. The minimum absolute atomic E-state index is 0. The van der Waals surface area contributed by atoms with Gasteiger partial charge in [-0.25, -0.2) is 4.79 Å². The highest BCUT2D eigenvalue weighted by Gasteiger charge is 2.10. The van der Waals surface area contributed by atoms with Crippen molar-refractivity contribution in [2.45, 2.75) is 0 Å². The number of carboxylic acid groups (broad SMARTS) is 1. The van der Waals surface area contributed by atoms with E-state index in [1.54, 1.807) is 30.5 Å². The van der Waals surface area contributed by atoms with Crippen LogP contribution >= 0.6 is 12.4 Å². The number of hydrogen-bond donors (Lipinski definition) is 1. The lowest BCUT2D eigenvalue weighted by Gasteiger charge is -2.30. The molecule has 19 heavy (non-hydrogen) atoms. The second-order valence-corrected chi connectivity index (χ2v) is 4.43. The van der Waals surface area contributed by atoms with Crippen molar-refractivity contribution in [3.63, 3.8) is 0 Å². The molecule has 1 N–H and O–H groups in total. The molecule has 6 heteroatoms. The Morgan fingerprint density at radius 3 is 2.32 bits per heavy atom. The first-order valence-electron chi connectivity index (χ1n) is 5.96. The summed E-state index contributed by atoms with van der Waals surface area (Å²) in [5.41, 5.74) is 1.21. The number of rotatable bonds is 3. The van der Waals surface area contributed by atoms with E-state index in [0.29, 0.717) is 5.56 Å². The van der Waals surface area contributed by atoms with Crippen LogP contribution in [0, 0.1) is 0 Å². The zero-order chi connectivity index (χ0) is 13.0. The summed E-state index contributed by atoms with van der Waals surface area (Å²) < 4.78 is 0. The largest absolute Gasteiger partial charge is 0.478 e. The molecular formula is C13H18ClN3O2. The first-order chi connectivity index (χ1) is 8.65. The van der Waals surface area contributed by atoms with Crippen LogP contribution < -0.4 is 0 Å². The normalized spacial score (nSPS) is 16.4. The van der Waals surface area contributed by atoms with Gasteiger partial charge in [0, 0.05) is 26.2 Å². The van der Waals surface area contributed by atoms with Crippen molar-refractivity contribution < 1.29 is 9.90 Å². The van der Waals surface area contributed by atoms with Crippen molar-refractivity contribution >= 4 is 24.6 Å². The third-order valence-corrected chi connectivity index (χ3v) is 3.01. The summed E-state index contributed by atoms with van der Waals surface area (Å²) >= 11 is 0. The van der Waals surface area contributed by atoms with E-state index >= 15 is 0 Å². The Morgan fingerprint density at radius 1 is 1.21 bits per heavy atom. The molecule has 1 heterocycles. The van der Waals surface area contributed by atoms with Crippen LogP contribution in [0.3, 0.4) is 0 Å². The predicted octanol–water partition coefficient (Wildman–Crippen LogP) is 1.39. The number of hydrogen-bond acceptors (Lipinski definition) is 4. The van der Waals surface area contributed by atoms with E-state index < -0.39 is 5.97 Å². The maximum atomic E-state index is 10.7. The molecule has 1 aliphatic rings. The minimum atomic E-state index is -0.905. The fourth-order valence-electron chi connectivity index (χ4n) is 1.77. The summed E-state index contributed by atoms with van der Waals surface area (Å²) in [7, 11) is 2.10. The Hall–Kier alpha value is -1.59. The lowest BCUT2D eigenvalue weighted by molar-refractivity contribution is 0.0697. The molecule has 1 saturated heterocycles. The van der Waals surface area contributed by atoms with Crippen molar-refractivity contribution in [3.8, 4) is 0 Å². The van der Waals surface area contributed by atoms with Crippen LogP contribution in [0.5, 0.6) is 0 Å². The summed E-state index contributed by atoms with van der Waals surface area (Å²) in [5.74, 6) is -0.905. The number of aromatic carboxylic acids is 1. The van der Waals surface area contributed by atoms with Crippen molar-refractivity contribution in [2.75, 3.05) is 33.2 Å². The van der Waals surface area contributed by atoms with E-state index in [0.717, 1.165) is 31.7 Å². The van der Waals surface area contributed by atoms with E-state index in [1.807, 2.05) is 5.01 Å². The van der Waals surface area contributed by atoms with Crippen LogP contribution in [0.15, 0.2) is 29.4 Å². The SMILES string of the molecule is CN1CCN(N=Cc2ccc(C(=O)O)cc2)CC1.Cl. The molecule has 0 atom stereocenters. The van der Waals surface area contributed by atoms with Gasteiger partial charge in [0.15, 0.2) is 0 Å². The molecule has 1 aliphatic heterocycles. The molecule has 0 bridgehead atoms. The lowest BCUT2D eigenvalue weighted by Crippen LogP contribution is -2.41. The van der Waals surface area contributed by atoms with E-state index in [-0.39, 0.29) is 12.4 Å². The number of halogens is 1. The number of nitrogens with zero attached hydrogens (tertiary/aromatic N) is 3. The first-order valence-corrected chi connectivity index (χ1v) is 5.96. The first kappa shape index (κ1) is 15.5. The Morgan fingerprint density at radius 2 is 1.79 bits per heavy atom. The van der Waals surface area contributed by atoms with Gasteiger partial charge in [0.25, 0.3) is 0 Å². The minimum Gasteiger partial charge on any atom is -0.478 e. The molecule has 1 fully saturated rings. The quantitative estimate of drug-likeness (QED) is 0.852. The number of benzene rings is 1. The Kier molecular flexibility index (Phi) is 5.79. The number of piperazine rings is 1. The van der Waals surface area contributed by atoms with Crippen LogP contribution in [0.25, 0.3) is 0 Å². The van der Waals surface area contributed by atoms with Crippen molar-refractivity contribution in [1.82, 2.24) is 9.91 Å². The van der Waals surface area contributed by atoms with Gasteiger partial charge in [-0.05, 0) is 24.7 Å². The van der Waals surface area contributed by atoms with Gasteiger partial charge in [-0.15, -0.1) is 12.4 Å². The molecule has 0 amide bonds. The lowest BCUT2D eigenvalue weighted by atomic mass is 10.1. The van der Waals surface area contributed by atoms with E-state index in [1.165, 1.54) is 0 Å². The molecule has 5 nitrogen and oxygen atoms in total. The Bertz CT molecular complexity index is 440. The smallest absolute Gasteiger partial charge is 0.335 e. The molecule has 2 rings (SSSR count). The molecule has 0 aromatic heterocycles. The fourth-order valence-corrected chi connectivity index (χ4v) is 1.77. The van der Waals surface area contributed by atoms with Crippen LogP contribution in [-0.2, 0) is 0 Å². The number of carbonyl (C=O) groups is 1. The van der Waals surface area contributed by atoms with Gasteiger partial charge in [0.05, 0.1) is 11.8 Å². The summed E-state index contributed by atoms with van der Waals surface area (Å²) in [6.07, 6.45) is 1.77. The molecule has 1 aromatic rings. The summed E-state index contributed by atoms with van der Waals surface area (Å²) in [4.78, 5) is 13.0. The maximum absolute atomic E-state index is 10.7. The van der Waals surface area contributed by atoms with Crippen LogP contribution in [-0.4, -0.2) is 60.4 Å². The molecule has 0 radical (unpaired) electrons. The van der Waals surface area contributed by atoms with Gasteiger partial charge in [-0.2, -0.15) is 5.10 Å². The fraction of sp³-hybridized carbons (Fsp3) is 0.385. The van der Waals surface area contributed by atoms with Gasteiger partial charge < -0.3 is 10.0 Å². The second-order valence-electron chi connectivity index (χ2n) is 4.43. The molecule has 0 saturated carbocycles. The highest BCUT2D eigenvalue weighted by atomic mass is 35.5. The van der Waals surface area contributed by atoms with Gasteiger partial charge in [-0.3, -0.25) is 5.01 Å². The van der Waals surface area contributed by atoms with Crippen LogP contribution in [0.1, 0.15) is 15.9 Å². The van der Waals surface area contributed by atoms with E-state index in [4.69, 9.17) is 5.11 Å². The highest BCUT2D eigenvalue weighted by molar-refractivity contribution is 5.89. The predicted molar refractivity (Wildman–Crippen MR) is 77.3 cm³/mol. The third kappa shape index (κ3) is 4.54. The zero-order valence-corrected chi connectivity index (χ0v) is 11.6. The molecule has 0 aliphatic carbocycles. The highest BCUT2D eigenvalue weighted by Crippen LogP contribution is 2.04. The molecule has 1 aromatic carbocycles.